The highest BCUT2D eigenvalue weighted by Gasteiger charge is 2.33. The van der Waals surface area contributed by atoms with Crippen LogP contribution in [-0.4, -0.2) is 21.7 Å². The lowest BCUT2D eigenvalue weighted by Crippen LogP contribution is -2.40. The Kier molecular flexibility index (Phi) is 8.84. The van der Waals surface area contributed by atoms with Crippen LogP contribution in [0.5, 0.6) is 5.75 Å². The smallest absolute Gasteiger partial charge is 0.347 e. The van der Waals surface area contributed by atoms with Crippen LogP contribution in [0.3, 0.4) is 0 Å². The number of carboxylic acids is 1. The fraction of sp³-hybridized carbons (Fsp3) is 0.250. The molecular formula is C24H27ClN2O3. The predicted octanol–water partition coefficient (Wildman–Crippen LogP) is 5.10. The molecule has 0 bridgehead atoms. The summed E-state index contributed by atoms with van der Waals surface area (Å²) in [6, 6.07) is 19.1. The summed E-state index contributed by atoms with van der Waals surface area (Å²) >= 11 is 5.87. The number of nitrogens with two attached hydrogens (primary N) is 1. The van der Waals surface area contributed by atoms with Crippen LogP contribution in [0.15, 0.2) is 73.1 Å². The standard InChI is InChI=1S/C18H19ClO3.C6H8N2/c1-3-18(2,17(20)21)22-16-10-6-14(7-11-16)12-13-4-8-15(19)9-5-13;7-4-6-2-1-3-8-5-6/h4-11H,3,12H2,1-2H3,(H,20,21);1-3,5H,4,7H2. The second kappa shape index (κ2) is 11.3. The van der Waals surface area contributed by atoms with Gasteiger partial charge in [-0.25, -0.2) is 4.79 Å². The van der Waals surface area contributed by atoms with E-state index in [0.29, 0.717) is 18.7 Å². The van der Waals surface area contributed by atoms with E-state index < -0.39 is 11.6 Å². The van der Waals surface area contributed by atoms with E-state index in [1.807, 2.05) is 60.7 Å². The maximum Gasteiger partial charge on any atom is 0.347 e. The first-order valence-electron chi connectivity index (χ1n) is 9.71. The van der Waals surface area contributed by atoms with Gasteiger partial charge < -0.3 is 15.6 Å². The first-order chi connectivity index (χ1) is 14.4. The van der Waals surface area contributed by atoms with Gasteiger partial charge in [-0.2, -0.15) is 0 Å². The van der Waals surface area contributed by atoms with Crippen LogP contribution in [0.25, 0.3) is 0 Å². The second-order valence-electron chi connectivity index (χ2n) is 7.00. The number of rotatable bonds is 7. The molecule has 3 aromatic rings. The minimum absolute atomic E-state index is 0.398. The normalized spacial score (nSPS) is 12.3. The molecule has 158 valence electrons. The summed E-state index contributed by atoms with van der Waals surface area (Å²) in [5.74, 6) is -0.396. The van der Waals surface area contributed by atoms with Crippen molar-refractivity contribution in [3.05, 3.63) is 94.8 Å². The lowest BCUT2D eigenvalue weighted by Gasteiger charge is -2.24. The average Bonchev–Trinajstić information content (AvgIpc) is 2.77. The van der Waals surface area contributed by atoms with E-state index >= 15 is 0 Å². The lowest BCUT2D eigenvalue weighted by molar-refractivity contribution is -0.154. The van der Waals surface area contributed by atoms with Crippen LogP contribution < -0.4 is 10.5 Å². The third-order valence-corrected chi connectivity index (χ3v) is 4.93. The van der Waals surface area contributed by atoms with Gasteiger partial charge in [-0.3, -0.25) is 4.98 Å². The minimum Gasteiger partial charge on any atom is -0.478 e. The van der Waals surface area contributed by atoms with Gasteiger partial charge in [0, 0.05) is 24.0 Å². The molecule has 0 aliphatic heterocycles. The zero-order chi connectivity index (χ0) is 22.0. The first-order valence-corrected chi connectivity index (χ1v) is 10.1. The van der Waals surface area contributed by atoms with Gasteiger partial charge in [0.15, 0.2) is 0 Å². The molecule has 1 heterocycles. The number of nitrogens with zero attached hydrogens (tertiary/aromatic N) is 1. The number of aliphatic carboxylic acids is 1. The third-order valence-electron chi connectivity index (χ3n) is 4.67. The monoisotopic (exact) mass is 426 g/mol. The van der Waals surface area contributed by atoms with Crippen molar-refractivity contribution in [3.8, 4) is 5.75 Å². The molecule has 30 heavy (non-hydrogen) atoms. The van der Waals surface area contributed by atoms with E-state index in [9.17, 15) is 9.90 Å². The van der Waals surface area contributed by atoms with E-state index in [1.165, 1.54) is 5.56 Å². The Morgan fingerprint density at radius 1 is 1.07 bits per heavy atom. The summed E-state index contributed by atoms with van der Waals surface area (Å²) in [5.41, 5.74) is 7.49. The molecule has 1 atom stereocenters. The Hall–Kier alpha value is -2.89. The number of halogens is 1. The van der Waals surface area contributed by atoms with E-state index in [2.05, 4.69) is 4.98 Å². The SMILES string of the molecule is CCC(C)(Oc1ccc(Cc2ccc(Cl)cc2)cc1)C(=O)O.NCc1cccnc1. The van der Waals surface area contributed by atoms with E-state index in [1.54, 1.807) is 26.2 Å². The van der Waals surface area contributed by atoms with E-state index in [0.717, 1.165) is 22.6 Å². The summed E-state index contributed by atoms with van der Waals surface area (Å²) < 4.78 is 5.62. The summed E-state index contributed by atoms with van der Waals surface area (Å²) in [6.45, 7) is 3.95. The molecule has 1 unspecified atom stereocenters. The zero-order valence-corrected chi connectivity index (χ0v) is 18.0. The third kappa shape index (κ3) is 7.17. The number of carbonyl (C=O) groups is 1. The molecule has 0 aliphatic carbocycles. The number of benzene rings is 2. The van der Waals surface area contributed by atoms with Gasteiger partial charge >= 0.3 is 5.97 Å². The lowest BCUT2D eigenvalue weighted by atomic mass is 10.0. The highest BCUT2D eigenvalue weighted by atomic mass is 35.5. The maximum atomic E-state index is 11.3. The molecule has 0 saturated carbocycles. The van der Waals surface area contributed by atoms with Crippen LogP contribution >= 0.6 is 11.6 Å². The summed E-state index contributed by atoms with van der Waals surface area (Å²) in [4.78, 5) is 15.1. The minimum atomic E-state index is -1.20. The molecule has 0 radical (unpaired) electrons. The number of pyridine rings is 1. The molecule has 0 amide bonds. The van der Waals surface area contributed by atoms with E-state index in [-0.39, 0.29) is 0 Å². The number of ether oxygens (including phenoxy) is 1. The largest absolute Gasteiger partial charge is 0.478 e. The molecule has 1 aromatic heterocycles. The molecule has 2 aromatic carbocycles. The van der Waals surface area contributed by atoms with Crippen molar-refractivity contribution in [2.24, 2.45) is 5.73 Å². The van der Waals surface area contributed by atoms with Crippen molar-refractivity contribution in [1.82, 2.24) is 4.98 Å². The van der Waals surface area contributed by atoms with Crippen LogP contribution in [-0.2, 0) is 17.8 Å². The first kappa shape index (κ1) is 23.4. The molecular weight excluding hydrogens is 400 g/mol. The van der Waals surface area contributed by atoms with Crippen molar-refractivity contribution in [1.29, 1.82) is 0 Å². The summed E-state index contributed by atoms with van der Waals surface area (Å²) in [6.07, 6.45) is 4.69. The average molecular weight is 427 g/mol. The molecule has 0 saturated heterocycles. The molecule has 0 fully saturated rings. The fourth-order valence-electron chi connectivity index (χ4n) is 2.56. The van der Waals surface area contributed by atoms with Gasteiger partial charge in [0.05, 0.1) is 0 Å². The van der Waals surface area contributed by atoms with Crippen LogP contribution in [0, 0.1) is 0 Å². The molecule has 0 aliphatic rings. The number of aromatic nitrogens is 1. The Morgan fingerprint density at radius 2 is 1.67 bits per heavy atom. The van der Waals surface area contributed by atoms with Crippen molar-refractivity contribution in [3.63, 3.8) is 0 Å². The summed E-state index contributed by atoms with van der Waals surface area (Å²) in [7, 11) is 0. The van der Waals surface area contributed by atoms with Crippen molar-refractivity contribution in [2.75, 3.05) is 0 Å². The summed E-state index contributed by atoms with van der Waals surface area (Å²) in [5, 5.41) is 9.95. The number of carboxylic acid groups (broad SMARTS) is 1. The fourth-order valence-corrected chi connectivity index (χ4v) is 2.69. The van der Waals surface area contributed by atoms with Crippen molar-refractivity contribution in [2.45, 2.75) is 38.8 Å². The topological polar surface area (TPSA) is 85.4 Å². The van der Waals surface area contributed by atoms with Gasteiger partial charge in [-0.05, 0) is 66.8 Å². The molecule has 0 spiro atoms. The van der Waals surface area contributed by atoms with Crippen LogP contribution in [0.1, 0.15) is 37.0 Å². The maximum absolute atomic E-state index is 11.3. The molecule has 3 N–H and O–H groups in total. The van der Waals surface area contributed by atoms with Gasteiger partial charge in [0.1, 0.15) is 5.75 Å². The Bertz CT molecular complexity index is 915. The predicted molar refractivity (Wildman–Crippen MR) is 120 cm³/mol. The molecule has 6 heteroatoms. The van der Waals surface area contributed by atoms with Gasteiger partial charge in [0.2, 0.25) is 5.60 Å². The van der Waals surface area contributed by atoms with Crippen LogP contribution in [0.2, 0.25) is 5.02 Å². The van der Waals surface area contributed by atoms with E-state index in [4.69, 9.17) is 22.1 Å². The van der Waals surface area contributed by atoms with Crippen LogP contribution in [0.4, 0.5) is 0 Å². The Balaban J connectivity index is 0.000000335. The quantitative estimate of drug-likeness (QED) is 0.548. The molecule has 3 rings (SSSR count). The number of hydrogen-bond donors (Lipinski definition) is 2. The number of hydrogen-bond acceptors (Lipinski definition) is 4. The Labute approximate surface area is 182 Å². The van der Waals surface area contributed by atoms with Gasteiger partial charge in [-0.15, -0.1) is 0 Å². The second-order valence-corrected chi connectivity index (χ2v) is 7.44. The highest BCUT2D eigenvalue weighted by molar-refractivity contribution is 6.30. The molecule has 5 nitrogen and oxygen atoms in total. The van der Waals surface area contributed by atoms with Gasteiger partial charge in [0.25, 0.3) is 0 Å². The Morgan fingerprint density at radius 3 is 2.10 bits per heavy atom. The van der Waals surface area contributed by atoms with Crippen molar-refractivity contribution >= 4 is 17.6 Å². The zero-order valence-electron chi connectivity index (χ0n) is 17.2. The highest BCUT2D eigenvalue weighted by Crippen LogP contribution is 2.23. The van der Waals surface area contributed by atoms with Gasteiger partial charge in [-0.1, -0.05) is 48.9 Å². The van der Waals surface area contributed by atoms with Crippen molar-refractivity contribution < 1.29 is 14.6 Å².